The Bertz CT molecular complexity index is 837. The molecule has 0 atom stereocenters. The van der Waals surface area contributed by atoms with Crippen molar-refractivity contribution in [2.75, 3.05) is 33.4 Å². The van der Waals surface area contributed by atoms with Crippen LogP contribution in [-0.4, -0.2) is 39.3 Å². The lowest BCUT2D eigenvalue weighted by Gasteiger charge is -2.38. The largest absolute Gasteiger partial charge is 0.381 e. The molecule has 0 spiro atoms. The standard InChI is InChI=1S/C23H29F2N3O.HI/c1-17-15-21(25)6-3-18(17)9-12-27-22(26-2)28-16-23(10-13-29-14-11-23)19-4-7-20(24)8-5-19;/h3-8,15H,9-14,16H2,1-2H3,(H2,26,27,28);1H. The second-order valence-electron chi connectivity index (χ2n) is 7.57. The van der Waals surface area contributed by atoms with E-state index in [2.05, 4.69) is 15.6 Å². The fourth-order valence-electron chi connectivity index (χ4n) is 3.86. The van der Waals surface area contributed by atoms with Gasteiger partial charge in [-0.2, -0.15) is 0 Å². The van der Waals surface area contributed by atoms with Crippen molar-refractivity contribution in [3.63, 3.8) is 0 Å². The molecule has 1 fully saturated rings. The predicted molar refractivity (Wildman–Crippen MR) is 128 cm³/mol. The summed E-state index contributed by atoms with van der Waals surface area (Å²) in [7, 11) is 1.74. The van der Waals surface area contributed by atoms with E-state index in [1.54, 1.807) is 13.1 Å². The number of guanidine groups is 1. The van der Waals surface area contributed by atoms with Crippen molar-refractivity contribution < 1.29 is 13.5 Å². The van der Waals surface area contributed by atoms with E-state index >= 15 is 0 Å². The molecule has 30 heavy (non-hydrogen) atoms. The molecule has 0 bridgehead atoms. The zero-order valence-electron chi connectivity index (χ0n) is 17.5. The van der Waals surface area contributed by atoms with Gasteiger partial charge >= 0.3 is 0 Å². The minimum atomic E-state index is -0.225. The molecule has 2 N–H and O–H groups in total. The Hall–Kier alpha value is -1.74. The van der Waals surface area contributed by atoms with Crippen LogP contribution in [0, 0.1) is 18.6 Å². The fourth-order valence-corrected chi connectivity index (χ4v) is 3.86. The summed E-state index contributed by atoms with van der Waals surface area (Å²) in [6.07, 6.45) is 2.53. The van der Waals surface area contributed by atoms with Crippen LogP contribution in [-0.2, 0) is 16.6 Å². The fraction of sp³-hybridized carbons (Fsp3) is 0.435. The molecule has 0 saturated carbocycles. The van der Waals surface area contributed by atoms with E-state index in [-0.39, 0.29) is 41.0 Å². The predicted octanol–water partition coefficient (Wildman–Crippen LogP) is 4.35. The number of nitrogens with zero attached hydrogens (tertiary/aromatic N) is 1. The molecule has 1 aliphatic rings. The van der Waals surface area contributed by atoms with Crippen molar-refractivity contribution in [1.82, 2.24) is 10.6 Å². The number of aryl methyl sites for hydroxylation is 1. The second-order valence-corrected chi connectivity index (χ2v) is 7.57. The van der Waals surface area contributed by atoms with E-state index in [9.17, 15) is 8.78 Å². The third-order valence-electron chi connectivity index (χ3n) is 5.72. The van der Waals surface area contributed by atoms with Gasteiger partial charge in [0.15, 0.2) is 5.96 Å². The Balaban J connectivity index is 0.00000320. The number of hydrogen-bond donors (Lipinski definition) is 2. The van der Waals surface area contributed by atoms with Crippen LogP contribution in [0.1, 0.15) is 29.5 Å². The third kappa shape index (κ3) is 6.38. The van der Waals surface area contributed by atoms with Crippen molar-refractivity contribution in [3.05, 3.63) is 70.8 Å². The average Bonchev–Trinajstić information content (AvgIpc) is 2.73. The highest BCUT2D eigenvalue weighted by molar-refractivity contribution is 14.0. The molecular formula is C23H30F2IN3O. The lowest BCUT2D eigenvalue weighted by Crippen LogP contribution is -2.48. The summed E-state index contributed by atoms with van der Waals surface area (Å²) in [6.45, 7) is 4.68. The molecule has 0 amide bonds. The first kappa shape index (κ1) is 24.5. The molecule has 2 aromatic rings. The van der Waals surface area contributed by atoms with Crippen molar-refractivity contribution in [1.29, 1.82) is 0 Å². The Kier molecular flexibility index (Phi) is 9.48. The summed E-state index contributed by atoms with van der Waals surface area (Å²) in [5.41, 5.74) is 3.07. The van der Waals surface area contributed by atoms with Gasteiger partial charge < -0.3 is 15.4 Å². The number of rotatable bonds is 6. The summed E-state index contributed by atoms with van der Waals surface area (Å²) in [6, 6.07) is 11.7. The molecule has 0 aromatic heterocycles. The van der Waals surface area contributed by atoms with Crippen LogP contribution in [0.15, 0.2) is 47.5 Å². The van der Waals surface area contributed by atoms with Crippen molar-refractivity contribution in [2.24, 2.45) is 4.99 Å². The summed E-state index contributed by atoms with van der Waals surface area (Å²) < 4.78 is 32.2. The molecule has 164 valence electrons. The maximum Gasteiger partial charge on any atom is 0.191 e. The molecule has 4 nitrogen and oxygen atoms in total. The van der Waals surface area contributed by atoms with Gasteiger partial charge in [0, 0.05) is 38.8 Å². The highest BCUT2D eigenvalue weighted by Crippen LogP contribution is 2.34. The van der Waals surface area contributed by atoms with Crippen molar-refractivity contribution >= 4 is 29.9 Å². The molecule has 3 rings (SSSR count). The van der Waals surface area contributed by atoms with Gasteiger partial charge in [-0.05, 0) is 67.1 Å². The maximum absolute atomic E-state index is 13.4. The number of hydrogen-bond acceptors (Lipinski definition) is 2. The van der Waals surface area contributed by atoms with Gasteiger partial charge in [-0.15, -0.1) is 24.0 Å². The number of ether oxygens (including phenoxy) is 1. The molecule has 0 aliphatic carbocycles. The van der Waals surface area contributed by atoms with Gasteiger partial charge in [0.25, 0.3) is 0 Å². The number of aliphatic imine (C=N–C) groups is 1. The molecule has 7 heteroatoms. The van der Waals surface area contributed by atoms with Gasteiger partial charge in [0.2, 0.25) is 0 Å². The lowest BCUT2D eigenvalue weighted by atomic mass is 9.74. The Morgan fingerprint density at radius 3 is 2.33 bits per heavy atom. The topological polar surface area (TPSA) is 45.7 Å². The quantitative estimate of drug-likeness (QED) is 0.333. The Morgan fingerprint density at radius 1 is 1.03 bits per heavy atom. The number of halogens is 3. The van der Waals surface area contributed by atoms with Gasteiger partial charge in [-0.3, -0.25) is 4.99 Å². The number of benzene rings is 2. The minimum absolute atomic E-state index is 0. The van der Waals surface area contributed by atoms with E-state index in [4.69, 9.17) is 4.74 Å². The maximum atomic E-state index is 13.4. The first-order valence-corrected chi connectivity index (χ1v) is 10.1. The van der Waals surface area contributed by atoms with E-state index in [0.29, 0.717) is 26.3 Å². The van der Waals surface area contributed by atoms with Crippen LogP contribution >= 0.6 is 24.0 Å². The first-order chi connectivity index (χ1) is 14.0. The van der Waals surface area contributed by atoms with E-state index < -0.39 is 0 Å². The van der Waals surface area contributed by atoms with E-state index in [0.717, 1.165) is 41.9 Å². The van der Waals surface area contributed by atoms with E-state index in [1.165, 1.54) is 18.2 Å². The Morgan fingerprint density at radius 2 is 1.70 bits per heavy atom. The molecule has 1 saturated heterocycles. The minimum Gasteiger partial charge on any atom is -0.381 e. The zero-order valence-corrected chi connectivity index (χ0v) is 19.8. The third-order valence-corrected chi connectivity index (χ3v) is 5.72. The number of nitrogens with one attached hydrogen (secondary N) is 2. The van der Waals surface area contributed by atoms with E-state index in [1.807, 2.05) is 25.1 Å². The van der Waals surface area contributed by atoms with Crippen LogP contribution in [0.3, 0.4) is 0 Å². The SMILES string of the molecule is CN=C(NCCc1ccc(F)cc1C)NCC1(c2ccc(F)cc2)CCOCC1.I. The van der Waals surface area contributed by atoms with Crippen LogP contribution in [0.2, 0.25) is 0 Å². The van der Waals surface area contributed by atoms with Crippen LogP contribution in [0.25, 0.3) is 0 Å². The monoisotopic (exact) mass is 529 g/mol. The zero-order chi connectivity index (χ0) is 20.7. The van der Waals surface area contributed by atoms with Crippen LogP contribution in [0.5, 0.6) is 0 Å². The lowest BCUT2D eigenvalue weighted by molar-refractivity contribution is 0.0513. The molecule has 2 aromatic carbocycles. The first-order valence-electron chi connectivity index (χ1n) is 10.1. The van der Waals surface area contributed by atoms with Gasteiger partial charge in [0.05, 0.1) is 0 Å². The highest BCUT2D eigenvalue weighted by atomic mass is 127. The normalized spacial score (nSPS) is 15.9. The second kappa shape index (κ2) is 11.6. The molecule has 0 unspecified atom stereocenters. The van der Waals surface area contributed by atoms with Gasteiger partial charge in [0.1, 0.15) is 11.6 Å². The van der Waals surface area contributed by atoms with Crippen LogP contribution in [0.4, 0.5) is 8.78 Å². The highest BCUT2D eigenvalue weighted by Gasteiger charge is 2.34. The van der Waals surface area contributed by atoms with Gasteiger partial charge in [-0.1, -0.05) is 18.2 Å². The molecule has 1 heterocycles. The molecular weight excluding hydrogens is 499 g/mol. The molecule has 1 aliphatic heterocycles. The summed E-state index contributed by atoms with van der Waals surface area (Å²) in [4.78, 5) is 4.32. The summed E-state index contributed by atoms with van der Waals surface area (Å²) in [5, 5.41) is 6.76. The van der Waals surface area contributed by atoms with Crippen molar-refractivity contribution in [2.45, 2.75) is 31.6 Å². The van der Waals surface area contributed by atoms with Crippen LogP contribution < -0.4 is 10.6 Å². The summed E-state index contributed by atoms with van der Waals surface area (Å²) in [5.74, 6) is 0.287. The molecule has 0 radical (unpaired) electrons. The average molecular weight is 529 g/mol. The van der Waals surface area contributed by atoms with Crippen molar-refractivity contribution in [3.8, 4) is 0 Å². The summed E-state index contributed by atoms with van der Waals surface area (Å²) >= 11 is 0. The Labute approximate surface area is 194 Å². The van der Waals surface area contributed by atoms with Gasteiger partial charge in [-0.25, -0.2) is 8.78 Å². The smallest absolute Gasteiger partial charge is 0.191 e.